The zero-order valence-corrected chi connectivity index (χ0v) is 29.3. The fraction of sp³-hybridized carbons (Fsp3) is 0.100. The summed E-state index contributed by atoms with van der Waals surface area (Å²) in [5.41, 5.74) is 5.90. The van der Waals surface area contributed by atoms with Crippen molar-refractivity contribution in [2.45, 2.75) is 24.1 Å². The Morgan fingerprint density at radius 3 is 2.07 bits per heavy atom. The van der Waals surface area contributed by atoms with E-state index >= 15 is 0 Å². The van der Waals surface area contributed by atoms with E-state index in [2.05, 4.69) is 94.1 Å². The van der Waals surface area contributed by atoms with Gasteiger partial charge >= 0.3 is 135 Å². The summed E-state index contributed by atoms with van der Waals surface area (Å²) in [6, 6.07) is 42.2. The Kier molecular flexibility index (Phi) is 7.99. The van der Waals surface area contributed by atoms with Gasteiger partial charge in [0.2, 0.25) is 0 Å². The minimum atomic E-state index is -2.19. The van der Waals surface area contributed by atoms with Crippen LogP contribution in [0, 0.1) is 19.0 Å². The van der Waals surface area contributed by atoms with Gasteiger partial charge in [0.25, 0.3) is 0 Å². The van der Waals surface area contributed by atoms with Gasteiger partial charge in [-0.2, -0.15) is 0 Å². The molecule has 0 N–H and O–H groups in total. The van der Waals surface area contributed by atoms with Crippen molar-refractivity contribution in [2.24, 2.45) is 0 Å². The van der Waals surface area contributed by atoms with E-state index in [9.17, 15) is 0 Å². The van der Waals surface area contributed by atoms with E-state index < -0.39 is 20.1 Å². The van der Waals surface area contributed by atoms with Crippen molar-refractivity contribution in [1.82, 2.24) is 9.97 Å². The molecular weight excluding hydrogens is 773 g/mol. The standard InChI is InChI=1S/C20H20GeN.C20H14N.Ir/c1-21(2,3)19-12-13-20(22-15-19)18-11-7-10-17(14-18)16-8-5-4-6-9-16;1-14-6-11-20(21-13-14)17-9-10-19-16(12-17)8-7-15-4-2-3-5-18(15)19;/h4-10,12-15H,1-3H3;2-8,10-13H,1H3;/q2*-1;/i;1D3,7D,8D;. The Labute approximate surface area is 284 Å². The summed E-state index contributed by atoms with van der Waals surface area (Å²) in [4.78, 5) is 8.90. The van der Waals surface area contributed by atoms with Crippen LogP contribution in [0.3, 0.4) is 0 Å². The number of nitrogens with zero attached hydrogens (tertiary/aromatic N) is 2. The number of hydrogen-bond donors (Lipinski definition) is 0. The van der Waals surface area contributed by atoms with E-state index in [0.717, 1.165) is 27.4 Å². The Morgan fingerprint density at radius 1 is 0.659 bits per heavy atom. The third kappa shape index (κ3) is 7.25. The Balaban J connectivity index is 0.000000190. The number of hydrogen-bond acceptors (Lipinski definition) is 2. The number of aryl methyl sites for hydroxylation is 1. The van der Waals surface area contributed by atoms with Gasteiger partial charge in [0.15, 0.2) is 0 Å². The average Bonchev–Trinajstić information content (AvgIpc) is 3.10. The van der Waals surface area contributed by atoms with Gasteiger partial charge in [-0.25, -0.2) is 0 Å². The van der Waals surface area contributed by atoms with E-state index in [1.54, 1.807) is 12.1 Å². The second-order valence-electron chi connectivity index (χ2n) is 11.4. The average molecular weight is 813 g/mol. The van der Waals surface area contributed by atoms with Gasteiger partial charge in [-0.1, -0.05) is 59.3 Å². The Morgan fingerprint density at radius 2 is 1.36 bits per heavy atom. The van der Waals surface area contributed by atoms with Crippen LogP contribution in [0.2, 0.25) is 17.3 Å². The number of pyridine rings is 2. The smallest absolute Gasteiger partial charge is 0 e. The summed E-state index contributed by atoms with van der Waals surface area (Å²) in [6.07, 6.45) is 3.40. The monoisotopic (exact) mass is 814 g/mol. The molecule has 219 valence electrons. The molecule has 1 radical (unpaired) electrons. The molecule has 2 heterocycles. The summed E-state index contributed by atoms with van der Waals surface area (Å²) in [5.74, 6) is 7.16. The first-order chi connectivity index (χ1) is 22.9. The van der Waals surface area contributed by atoms with Crippen molar-refractivity contribution in [3.8, 4) is 33.6 Å². The van der Waals surface area contributed by atoms with Gasteiger partial charge in [0.1, 0.15) is 0 Å². The molecule has 7 rings (SSSR count). The molecule has 0 bridgehead atoms. The van der Waals surface area contributed by atoms with Crippen molar-refractivity contribution in [2.75, 3.05) is 0 Å². The van der Waals surface area contributed by atoms with Crippen molar-refractivity contribution in [3.63, 3.8) is 0 Å². The number of fused-ring (bicyclic) bond motifs is 3. The van der Waals surface area contributed by atoms with E-state index in [4.69, 9.17) is 6.85 Å². The first-order valence-electron chi connectivity index (χ1n) is 16.7. The predicted molar refractivity (Wildman–Crippen MR) is 185 cm³/mol. The summed E-state index contributed by atoms with van der Waals surface area (Å²) < 4.78 is 40.3. The van der Waals surface area contributed by atoms with Gasteiger partial charge in [-0.15, -0.1) is 29.1 Å². The quantitative estimate of drug-likeness (QED) is 0.101. The van der Waals surface area contributed by atoms with Crippen LogP contribution in [0.15, 0.2) is 134 Å². The Hall–Kier alpha value is -3.89. The molecule has 5 aromatic carbocycles. The molecular formula is C40H34GeIrN2-2. The molecule has 0 unspecified atom stereocenters. The van der Waals surface area contributed by atoms with Gasteiger partial charge in [-0.05, 0) is 23.5 Å². The molecule has 0 aliphatic carbocycles. The molecule has 4 heteroatoms. The predicted octanol–water partition coefficient (Wildman–Crippen LogP) is 9.92. The molecule has 0 amide bonds. The number of rotatable bonds is 4. The first-order valence-corrected chi connectivity index (χ1v) is 21.6. The van der Waals surface area contributed by atoms with Gasteiger partial charge < -0.3 is 4.98 Å². The molecule has 0 saturated carbocycles. The molecule has 0 aliphatic heterocycles. The number of aromatic nitrogens is 2. The molecule has 0 aliphatic rings. The minimum absolute atomic E-state index is 0. The van der Waals surface area contributed by atoms with Crippen molar-refractivity contribution in [1.29, 1.82) is 0 Å². The third-order valence-electron chi connectivity index (χ3n) is 7.35. The van der Waals surface area contributed by atoms with Crippen LogP contribution < -0.4 is 4.40 Å². The molecule has 2 nitrogen and oxygen atoms in total. The van der Waals surface area contributed by atoms with Crippen molar-refractivity contribution < 1.29 is 27.0 Å². The topological polar surface area (TPSA) is 25.8 Å². The molecule has 0 spiro atoms. The maximum atomic E-state index is 8.35. The maximum absolute atomic E-state index is 8.35. The van der Waals surface area contributed by atoms with E-state index in [1.165, 1.54) is 27.8 Å². The van der Waals surface area contributed by atoms with E-state index in [-0.39, 0.29) is 37.8 Å². The van der Waals surface area contributed by atoms with Crippen LogP contribution in [-0.4, -0.2) is 23.2 Å². The normalized spacial score (nSPS) is 12.9. The fourth-order valence-corrected chi connectivity index (χ4v) is 7.07. The van der Waals surface area contributed by atoms with Crippen LogP contribution in [0.25, 0.3) is 55.2 Å². The second-order valence-corrected chi connectivity index (χ2v) is 22.1. The summed E-state index contributed by atoms with van der Waals surface area (Å²) >= 11 is -1.79. The second kappa shape index (κ2) is 13.8. The van der Waals surface area contributed by atoms with Crippen LogP contribution in [0.5, 0.6) is 0 Å². The van der Waals surface area contributed by atoms with Crippen molar-refractivity contribution in [3.05, 3.63) is 151 Å². The SMILES string of the molecule is [2H]c1c([2H])c2ccccc2c2c[c-]c(-c3ccc(C([2H])([2H])[2H])cn3)cc12.[CH3][Ge]([CH3])([CH3])[c]1ccc(-c2[c-]ccc(-c3ccccc3)c2)nc1.[Ir]. The largest absolute Gasteiger partial charge is 0 e. The molecule has 0 fully saturated rings. The third-order valence-corrected chi connectivity index (χ3v) is 11.6. The van der Waals surface area contributed by atoms with Gasteiger partial charge in [0.05, 0.1) is 2.74 Å². The zero-order chi connectivity index (χ0) is 34.1. The molecule has 44 heavy (non-hydrogen) atoms. The summed E-state index contributed by atoms with van der Waals surface area (Å²) in [5, 5.41) is 3.18. The van der Waals surface area contributed by atoms with Crippen LogP contribution in [0.4, 0.5) is 0 Å². The van der Waals surface area contributed by atoms with Crippen LogP contribution >= 0.6 is 0 Å². The number of benzene rings is 5. The first kappa shape index (κ1) is 25.4. The fourth-order valence-electron chi connectivity index (χ4n) is 4.90. The minimum Gasteiger partial charge on any atom is 0 e. The molecule has 2 aromatic heterocycles. The zero-order valence-electron chi connectivity index (χ0n) is 29.8. The van der Waals surface area contributed by atoms with E-state index in [1.807, 2.05) is 42.5 Å². The maximum Gasteiger partial charge on any atom is 0 e. The van der Waals surface area contributed by atoms with Gasteiger partial charge in [-0.3, -0.25) is 0 Å². The molecule has 0 atom stereocenters. The van der Waals surface area contributed by atoms with Crippen molar-refractivity contribution >= 4 is 39.2 Å². The Bertz CT molecular complexity index is 2220. The van der Waals surface area contributed by atoms with Crippen LogP contribution in [0.1, 0.15) is 12.4 Å². The van der Waals surface area contributed by atoms with Crippen LogP contribution in [-0.2, 0) is 20.1 Å². The van der Waals surface area contributed by atoms with Gasteiger partial charge in [0, 0.05) is 30.4 Å². The molecule has 0 saturated heterocycles. The summed E-state index contributed by atoms with van der Waals surface area (Å²) in [6.45, 7) is -2.19. The summed E-state index contributed by atoms with van der Waals surface area (Å²) in [7, 11) is 0. The van der Waals surface area contributed by atoms with E-state index in [0.29, 0.717) is 16.6 Å². The molecule has 7 aromatic rings.